The zero-order chi connectivity index (χ0) is 23.1. The minimum Gasteiger partial charge on any atom is -0.488 e. The highest BCUT2D eigenvalue weighted by atomic mass is 16.6. The second kappa shape index (κ2) is 11.0. The molecule has 1 aliphatic heterocycles. The Balaban J connectivity index is 1.78. The van der Waals surface area contributed by atoms with Gasteiger partial charge in [0.25, 0.3) is 0 Å². The highest BCUT2D eigenvalue weighted by Gasteiger charge is 2.44. The van der Waals surface area contributed by atoms with Gasteiger partial charge in [-0.15, -0.1) is 0 Å². The molecule has 32 heavy (non-hydrogen) atoms. The van der Waals surface area contributed by atoms with Crippen LogP contribution < -0.4 is 4.74 Å². The molecule has 1 aliphatic rings. The Morgan fingerprint density at radius 1 is 1.09 bits per heavy atom. The summed E-state index contributed by atoms with van der Waals surface area (Å²) in [6, 6.07) is 14.5. The van der Waals surface area contributed by atoms with Crippen LogP contribution in [-0.2, 0) is 16.0 Å². The first-order valence-corrected chi connectivity index (χ1v) is 10.1. The minimum absolute atomic E-state index is 0.271. The average Bonchev–Trinajstić information content (AvgIpc) is 2.81. The van der Waals surface area contributed by atoms with E-state index >= 15 is 0 Å². The van der Waals surface area contributed by atoms with Gasteiger partial charge in [0.1, 0.15) is 50.0 Å². The van der Waals surface area contributed by atoms with Gasteiger partial charge in [-0.3, -0.25) is 0 Å². The number of oxime groups is 1. The normalized spacial score (nSPS) is 25.4. The van der Waals surface area contributed by atoms with Crippen LogP contribution in [-0.4, -0.2) is 71.4 Å². The summed E-state index contributed by atoms with van der Waals surface area (Å²) in [7, 11) is 1.45. The van der Waals surface area contributed by atoms with E-state index in [0.29, 0.717) is 28.9 Å². The molecule has 1 unspecified atom stereocenters. The molecule has 3 rings (SSSR count). The Morgan fingerprint density at radius 3 is 2.50 bits per heavy atom. The van der Waals surface area contributed by atoms with E-state index in [9.17, 15) is 25.7 Å². The summed E-state index contributed by atoms with van der Waals surface area (Å²) in [5.41, 5.74) is 2.65. The van der Waals surface area contributed by atoms with Crippen LogP contribution in [0.5, 0.6) is 5.75 Å². The Morgan fingerprint density at radius 2 is 1.84 bits per heavy atom. The molecule has 9 heteroatoms. The third kappa shape index (κ3) is 5.43. The van der Waals surface area contributed by atoms with Crippen LogP contribution in [0.4, 0.5) is 0 Å². The fourth-order valence-corrected chi connectivity index (χ4v) is 3.58. The van der Waals surface area contributed by atoms with E-state index in [-0.39, 0.29) is 6.61 Å². The fourth-order valence-electron chi connectivity index (χ4n) is 3.58. The van der Waals surface area contributed by atoms with Gasteiger partial charge >= 0.3 is 0 Å². The average molecular weight is 442 g/mol. The highest BCUT2D eigenvalue weighted by Crippen LogP contribution is 2.33. The summed E-state index contributed by atoms with van der Waals surface area (Å²) >= 11 is 0. The molecule has 9 nitrogen and oxygen atoms in total. The summed E-state index contributed by atoms with van der Waals surface area (Å²) in [5, 5.41) is 53.0. The summed E-state index contributed by atoms with van der Waals surface area (Å²) < 4.78 is 11.2. The zero-order valence-electron chi connectivity index (χ0n) is 17.5. The van der Waals surface area contributed by atoms with Gasteiger partial charge in [0.2, 0.25) is 0 Å². The molecule has 0 bridgehead atoms. The van der Waals surface area contributed by atoms with Crippen molar-refractivity contribution >= 4 is 6.21 Å². The van der Waals surface area contributed by atoms with Crippen molar-refractivity contribution in [3.8, 4) is 11.8 Å². The topological polar surface area (TPSA) is 145 Å². The minimum atomic E-state index is -1.47. The Labute approximate surface area is 185 Å². The number of aliphatic hydroxyl groups excluding tert-OH is 4. The lowest BCUT2D eigenvalue weighted by Crippen LogP contribution is -2.55. The van der Waals surface area contributed by atoms with E-state index in [1.807, 2.05) is 24.3 Å². The molecule has 1 fully saturated rings. The van der Waals surface area contributed by atoms with Gasteiger partial charge < -0.3 is 34.7 Å². The number of ether oxygens (including phenoxy) is 2. The van der Waals surface area contributed by atoms with Gasteiger partial charge in [0.15, 0.2) is 0 Å². The van der Waals surface area contributed by atoms with Crippen molar-refractivity contribution in [2.24, 2.45) is 5.16 Å². The summed E-state index contributed by atoms with van der Waals surface area (Å²) in [6.07, 6.45) is -4.29. The summed E-state index contributed by atoms with van der Waals surface area (Å²) in [6.45, 7) is -0.233. The van der Waals surface area contributed by atoms with E-state index in [0.717, 1.165) is 5.56 Å². The van der Waals surface area contributed by atoms with Gasteiger partial charge in [-0.1, -0.05) is 29.4 Å². The van der Waals surface area contributed by atoms with Crippen molar-refractivity contribution in [3.05, 3.63) is 64.7 Å². The number of aliphatic hydroxyl groups is 4. The fraction of sp³-hybridized carbons (Fsp3) is 0.391. The number of nitrogens with zero attached hydrogens (tertiary/aromatic N) is 2. The van der Waals surface area contributed by atoms with Crippen LogP contribution in [0.1, 0.15) is 28.4 Å². The number of hydrogen-bond donors (Lipinski definition) is 4. The van der Waals surface area contributed by atoms with E-state index in [2.05, 4.69) is 16.1 Å². The quantitative estimate of drug-likeness (QED) is 0.345. The van der Waals surface area contributed by atoms with Gasteiger partial charge in [-0.25, -0.2) is 0 Å². The Kier molecular flexibility index (Phi) is 8.16. The van der Waals surface area contributed by atoms with Crippen molar-refractivity contribution in [2.75, 3.05) is 20.3 Å². The van der Waals surface area contributed by atoms with Crippen LogP contribution in [0.2, 0.25) is 0 Å². The first kappa shape index (κ1) is 23.7. The van der Waals surface area contributed by atoms with E-state index in [1.54, 1.807) is 18.2 Å². The van der Waals surface area contributed by atoms with Gasteiger partial charge in [0, 0.05) is 0 Å². The standard InChI is InChI=1S/C23H26N2O7/c1-30-25-8-9-31-18-6-2-14(3-7-18)10-17-11-15(4-5-16(17)12-24)23-22(29)21(28)20(27)19(13-26)32-23/h2-8,11,19-23,26-29H,9-10,13H2,1H3/t19-,20?,21-,22-,23+/m1/s1. The number of hydrogen-bond acceptors (Lipinski definition) is 9. The number of benzene rings is 2. The van der Waals surface area contributed by atoms with Crippen molar-refractivity contribution < 1.29 is 34.7 Å². The lowest BCUT2D eigenvalue weighted by molar-refractivity contribution is -0.231. The molecule has 2 aromatic rings. The predicted molar refractivity (Wildman–Crippen MR) is 114 cm³/mol. The van der Waals surface area contributed by atoms with Crippen molar-refractivity contribution in [1.82, 2.24) is 0 Å². The van der Waals surface area contributed by atoms with Crippen molar-refractivity contribution in [1.29, 1.82) is 5.26 Å². The van der Waals surface area contributed by atoms with E-state index in [4.69, 9.17) is 9.47 Å². The summed E-state index contributed by atoms with van der Waals surface area (Å²) in [4.78, 5) is 4.57. The van der Waals surface area contributed by atoms with E-state index in [1.165, 1.54) is 13.3 Å². The van der Waals surface area contributed by atoms with Gasteiger partial charge in [-0.05, 0) is 41.3 Å². The largest absolute Gasteiger partial charge is 0.488 e. The van der Waals surface area contributed by atoms with Crippen LogP contribution in [0, 0.1) is 11.3 Å². The molecular weight excluding hydrogens is 416 g/mol. The molecule has 1 saturated heterocycles. The van der Waals surface area contributed by atoms with Gasteiger partial charge in [0.05, 0.1) is 24.5 Å². The highest BCUT2D eigenvalue weighted by molar-refractivity contribution is 5.58. The maximum absolute atomic E-state index is 10.4. The van der Waals surface area contributed by atoms with Crippen molar-refractivity contribution in [3.63, 3.8) is 0 Å². The molecule has 2 aromatic carbocycles. The molecule has 0 amide bonds. The van der Waals surface area contributed by atoms with Crippen LogP contribution in [0.3, 0.4) is 0 Å². The third-order valence-corrected chi connectivity index (χ3v) is 5.29. The zero-order valence-corrected chi connectivity index (χ0v) is 17.5. The first-order valence-electron chi connectivity index (χ1n) is 10.1. The molecule has 0 saturated carbocycles. The molecule has 0 radical (unpaired) electrons. The molecular formula is C23H26N2O7. The lowest BCUT2D eigenvalue weighted by Gasteiger charge is -2.40. The Hall–Kier alpha value is -3.00. The second-order valence-electron chi connectivity index (χ2n) is 7.38. The second-order valence-corrected chi connectivity index (χ2v) is 7.38. The summed E-state index contributed by atoms with van der Waals surface area (Å²) in [5.74, 6) is 0.659. The smallest absolute Gasteiger partial charge is 0.127 e. The van der Waals surface area contributed by atoms with E-state index < -0.39 is 37.1 Å². The molecule has 0 aliphatic carbocycles. The van der Waals surface area contributed by atoms with Gasteiger partial charge in [-0.2, -0.15) is 5.26 Å². The Bertz CT molecular complexity index is 956. The predicted octanol–water partition coefficient (Wildman–Crippen LogP) is 0.675. The molecule has 0 spiro atoms. The molecule has 1 heterocycles. The van der Waals surface area contributed by atoms with Crippen LogP contribution in [0.15, 0.2) is 47.6 Å². The van der Waals surface area contributed by atoms with Crippen LogP contribution in [0.25, 0.3) is 0 Å². The molecule has 0 aromatic heterocycles. The maximum Gasteiger partial charge on any atom is 0.127 e. The first-order chi connectivity index (χ1) is 15.5. The molecule has 4 N–H and O–H groups in total. The molecule has 170 valence electrons. The molecule has 5 atom stereocenters. The monoisotopic (exact) mass is 442 g/mol. The van der Waals surface area contributed by atoms with Crippen molar-refractivity contribution in [2.45, 2.75) is 36.9 Å². The lowest BCUT2D eigenvalue weighted by atomic mass is 9.89. The third-order valence-electron chi connectivity index (χ3n) is 5.29. The van der Waals surface area contributed by atoms with Crippen LogP contribution >= 0.6 is 0 Å². The number of rotatable bonds is 8. The maximum atomic E-state index is 10.4. The SMILES string of the molecule is CON=CCOc1ccc(Cc2cc([C@@H]3O[C@H](CO)C(O)[C@@H](O)[C@H]3O)ccc2C#N)cc1. The number of nitriles is 1.